The molecule has 0 N–H and O–H groups in total. The molecule has 0 unspecified atom stereocenters. The fraction of sp³-hybridized carbons (Fsp3) is 0.391. The number of amides is 1. The Labute approximate surface area is 198 Å². The zero-order chi connectivity index (χ0) is 22.2. The molecular weight excluding hydrogens is 453 g/mol. The van der Waals surface area contributed by atoms with Crippen molar-refractivity contribution >= 4 is 45.0 Å². The molecule has 1 heterocycles. The number of hydrogen-bond acceptors (Lipinski definition) is 6. The highest BCUT2D eigenvalue weighted by atomic mass is 35.5. The van der Waals surface area contributed by atoms with Gasteiger partial charge in [0.05, 0.1) is 16.8 Å². The minimum atomic E-state index is -0.317. The van der Waals surface area contributed by atoms with Crippen LogP contribution in [-0.2, 0) is 4.79 Å². The molecule has 0 aliphatic rings. The summed E-state index contributed by atoms with van der Waals surface area (Å²) >= 11 is 1.31. The maximum Gasteiger partial charge on any atom is 0.266 e. The fourth-order valence-corrected chi connectivity index (χ4v) is 4.17. The van der Waals surface area contributed by atoms with E-state index >= 15 is 0 Å². The first-order valence-corrected chi connectivity index (χ1v) is 11.3. The summed E-state index contributed by atoms with van der Waals surface area (Å²) in [7, 11) is 0. The van der Waals surface area contributed by atoms with Crippen molar-refractivity contribution in [3.8, 4) is 11.5 Å². The number of anilines is 1. The van der Waals surface area contributed by atoms with E-state index in [0.29, 0.717) is 40.8 Å². The summed E-state index contributed by atoms with van der Waals surface area (Å²) in [5, 5.41) is 0.549. The number of likely N-dealkylation sites (N-methyl/N-ethyl adjacent to an activating group) is 1. The van der Waals surface area contributed by atoms with E-state index in [-0.39, 0.29) is 30.7 Å². The number of ether oxygens (including phenoxy) is 2. The van der Waals surface area contributed by atoms with Crippen molar-refractivity contribution in [2.24, 2.45) is 0 Å². The first-order valence-electron chi connectivity index (χ1n) is 10.5. The lowest BCUT2D eigenvalue weighted by Gasteiger charge is -2.24. The minimum absolute atomic E-state index is 0. The maximum absolute atomic E-state index is 13.6. The number of benzene rings is 2. The summed E-state index contributed by atoms with van der Waals surface area (Å²) < 4.78 is 25.4. The Morgan fingerprint density at radius 1 is 1.00 bits per heavy atom. The molecule has 6 nitrogen and oxygen atoms in total. The number of hydrogen-bond donors (Lipinski definition) is 0. The Morgan fingerprint density at radius 2 is 1.66 bits per heavy atom. The van der Waals surface area contributed by atoms with Crippen LogP contribution in [0.25, 0.3) is 10.2 Å². The second-order valence-electron chi connectivity index (χ2n) is 6.87. The number of fused-ring (bicyclic) bond motifs is 1. The third-order valence-electron chi connectivity index (χ3n) is 4.90. The monoisotopic (exact) mass is 481 g/mol. The largest absolute Gasteiger partial charge is 0.494 e. The van der Waals surface area contributed by atoms with Crippen LogP contribution in [0.1, 0.15) is 20.8 Å². The predicted octanol–water partition coefficient (Wildman–Crippen LogP) is 5.01. The molecule has 0 radical (unpaired) electrons. The van der Waals surface area contributed by atoms with E-state index in [1.807, 2.05) is 19.1 Å². The number of halogens is 2. The smallest absolute Gasteiger partial charge is 0.266 e. The van der Waals surface area contributed by atoms with E-state index in [1.54, 1.807) is 23.1 Å². The molecule has 174 valence electrons. The van der Waals surface area contributed by atoms with Crippen LogP contribution in [0.15, 0.2) is 42.5 Å². The molecule has 0 bridgehead atoms. The standard InChI is InChI=1S/C23H28FN3O3S.ClH/c1-4-26(5-2)13-14-27(23-25-20-12-7-17(24)15-21(20)31-23)22(28)16-30-19-10-8-18(9-11-19)29-6-3;/h7-12,15H,4-6,13-14,16H2,1-3H3;1H. The Bertz CT molecular complexity index is 996. The van der Waals surface area contributed by atoms with Crippen molar-refractivity contribution in [1.82, 2.24) is 9.88 Å². The highest BCUT2D eigenvalue weighted by molar-refractivity contribution is 7.22. The van der Waals surface area contributed by atoms with E-state index in [2.05, 4.69) is 23.7 Å². The van der Waals surface area contributed by atoms with Gasteiger partial charge in [-0.25, -0.2) is 9.37 Å². The van der Waals surface area contributed by atoms with Crippen molar-refractivity contribution in [1.29, 1.82) is 0 Å². The summed E-state index contributed by atoms with van der Waals surface area (Å²) in [5.74, 6) is 0.832. The van der Waals surface area contributed by atoms with Gasteiger partial charge >= 0.3 is 0 Å². The van der Waals surface area contributed by atoms with Crippen LogP contribution in [0, 0.1) is 5.82 Å². The van der Waals surface area contributed by atoms with Gasteiger partial charge < -0.3 is 14.4 Å². The molecule has 3 aromatic rings. The number of rotatable bonds is 11. The summed E-state index contributed by atoms with van der Waals surface area (Å²) in [4.78, 5) is 21.5. The second kappa shape index (κ2) is 12.6. The van der Waals surface area contributed by atoms with Gasteiger partial charge in [-0.05, 0) is 62.5 Å². The van der Waals surface area contributed by atoms with Gasteiger partial charge in [0, 0.05) is 13.1 Å². The minimum Gasteiger partial charge on any atom is -0.494 e. The van der Waals surface area contributed by atoms with Gasteiger partial charge in [0.2, 0.25) is 0 Å². The molecule has 0 saturated carbocycles. The van der Waals surface area contributed by atoms with Crippen LogP contribution in [0.2, 0.25) is 0 Å². The van der Waals surface area contributed by atoms with Crippen LogP contribution < -0.4 is 14.4 Å². The first kappa shape index (κ1) is 25.8. The molecule has 0 aliphatic heterocycles. The second-order valence-corrected chi connectivity index (χ2v) is 7.88. The number of carbonyl (C=O) groups is 1. The highest BCUT2D eigenvalue weighted by Gasteiger charge is 2.21. The molecule has 1 amide bonds. The molecule has 0 spiro atoms. The molecule has 9 heteroatoms. The zero-order valence-electron chi connectivity index (χ0n) is 18.5. The third-order valence-corrected chi connectivity index (χ3v) is 5.94. The van der Waals surface area contributed by atoms with Crippen molar-refractivity contribution in [2.45, 2.75) is 20.8 Å². The topological polar surface area (TPSA) is 54.9 Å². The Hall–Kier alpha value is -2.42. The van der Waals surface area contributed by atoms with Gasteiger partial charge in [0.25, 0.3) is 5.91 Å². The predicted molar refractivity (Wildman–Crippen MR) is 130 cm³/mol. The summed E-state index contributed by atoms with van der Waals surface area (Å²) in [6.07, 6.45) is 0. The van der Waals surface area contributed by atoms with Crippen LogP contribution >= 0.6 is 23.7 Å². The number of thiazole rings is 1. The van der Waals surface area contributed by atoms with E-state index in [0.717, 1.165) is 18.8 Å². The van der Waals surface area contributed by atoms with Gasteiger partial charge in [0.1, 0.15) is 17.3 Å². The Balaban J connectivity index is 0.00000363. The lowest BCUT2D eigenvalue weighted by molar-refractivity contribution is -0.120. The zero-order valence-corrected chi connectivity index (χ0v) is 20.2. The van der Waals surface area contributed by atoms with Gasteiger partial charge in [0.15, 0.2) is 11.7 Å². The van der Waals surface area contributed by atoms with Gasteiger partial charge in [-0.15, -0.1) is 12.4 Å². The maximum atomic E-state index is 13.6. The van der Waals surface area contributed by atoms with Crippen molar-refractivity contribution in [2.75, 3.05) is 44.3 Å². The molecule has 0 atom stereocenters. The lowest BCUT2D eigenvalue weighted by Crippen LogP contribution is -2.41. The molecular formula is C23H29ClFN3O3S. The van der Waals surface area contributed by atoms with Gasteiger partial charge in [-0.3, -0.25) is 9.69 Å². The molecule has 2 aromatic carbocycles. The van der Waals surface area contributed by atoms with Crippen molar-refractivity contribution < 1.29 is 18.7 Å². The molecule has 0 saturated heterocycles. The van der Waals surface area contributed by atoms with Crippen molar-refractivity contribution in [3.63, 3.8) is 0 Å². The highest BCUT2D eigenvalue weighted by Crippen LogP contribution is 2.29. The number of aromatic nitrogens is 1. The van der Waals surface area contributed by atoms with Gasteiger partial charge in [-0.1, -0.05) is 25.2 Å². The normalized spacial score (nSPS) is 10.8. The SMILES string of the molecule is CCOc1ccc(OCC(=O)N(CCN(CC)CC)c2nc3ccc(F)cc3s2)cc1.Cl. The van der Waals surface area contributed by atoms with Gasteiger partial charge in [-0.2, -0.15) is 0 Å². The average Bonchev–Trinajstić information content (AvgIpc) is 3.19. The molecule has 0 fully saturated rings. The number of nitrogens with zero attached hydrogens (tertiary/aromatic N) is 3. The Morgan fingerprint density at radius 3 is 2.28 bits per heavy atom. The number of carbonyl (C=O) groups excluding carboxylic acids is 1. The quantitative estimate of drug-likeness (QED) is 0.385. The van der Waals surface area contributed by atoms with E-state index in [4.69, 9.17) is 9.47 Å². The van der Waals surface area contributed by atoms with Crippen LogP contribution in [0.3, 0.4) is 0 Å². The summed E-state index contributed by atoms with van der Waals surface area (Å²) in [5.41, 5.74) is 0.675. The van der Waals surface area contributed by atoms with E-state index < -0.39 is 0 Å². The third kappa shape index (κ3) is 6.79. The fourth-order valence-electron chi connectivity index (χ4n) is 3.13. The van der Waals surface area contributed by atoms with Crippen molar-refractivity contribution in [3.05, 3.63) is 48.3 Å². The average molecular weight is 482 g/mol. The van der Waals surface area contributed by atoms with Crippen LogP contribution in [0.4, 0.5) is 9.52 Å². The molecule has 32 heavy (non-hydrogen) atoms. The van der Waals surface area contributed by atoms with Crippen LogP contribution in [-0.4, -0.2) is 55.2 Å². The summed E-state index contributed by atoms with van der Waals surface area (Å²) in [6, 6.07) is 11.6. The van der Waals surface area contributed by atoms with E-state index in [1.165, 1.54) is 23.5 Å². The molecule has 0 aliphatic carbocycles. The first-order chi connectivity index (χ1) is 15.0. The molecule has 3 rings (SSSR count). The Kier molecular flexibility index (Phi) is 10.2. The van der Waals surface area contributed by atoms with E-state index in [9.17, 15) is 9.18 Å². The lowest BCUT2D eigenvalue weighted by atomic mass is 10.3. The molecule has 1 aromatic heterocycles. The summed E-state index contributed by atoms with van der Waals surface area (Å²) in [6.45, 7) is 9.56. The van der Waals surface area contributed by atoms with Crippen LogP contribution in [0.5, 0.6) is 11.5 Å².